The SMILES string of the molecule is CSc1cccc(N2CCN(C)CC2)c1CN. The molecule has 94 valence electrons. The summed E-state index contributed by atoms with van der Waals surface area (Å²) in [5, 5.41) is 0. The van der Waals surface area contributed by atoms with Gasteiger partial charge in [-0.05, 0) is 25.4 Å². The highest BCUT2D eigenvalue weighted by Gasteiger charge is 2.17. The van der Waals surface area contributed by atoms with Gasteiger partial charge in [0.1, 0.15) is 0 Å². The molecule has 1 aromatic rings. The van der Waals surface area contributed by atoms with Gasteiger partial charge in [-0.2, -0.15) is 0 Å². The predicted molar refractivity (Wildman–Crippen MR) is 75.8 cm³/mol. The summed E-state index contributed by atoms with van der Waals surface area (Å²) < 4.78 is 0. The fourth-order valence-electron chi connectivity index (χ4n) is 2.29. The first kappa shape index (κ1) is 12.7. The van der Waals surface area contributed by atoms with Crippen LogP contribution in [0.2, 0.25) is 0 Å². The standard InChI is InChI=1S/C13H21N3S/c1-15-6-8-16(9-7-15)12-4-3-5-13(17-2)11(12)10-14/h3-5H,6-10,14H2,1-2H3. The van der Waals surface area contributed by atoms with Crippen molar-refractivity contribution in [3.8, 4) is 0 Å². The number of anilines is 1. The molecule has 1 saturated heterocycles. The van der Waals surface area contributed by atoms with Crippen LogP contribution in [-0.2, 0) is 6.54 Å². The largest absolute Gasteiger partial charge is 0.369 e. The number of nitrogens with zero attached hydrogens (tertiary/aromatic N) is 2. The molecule has 4 heteroatoms. The average molecular weight is 251 g/mol. The fraction of sp³-hybridized carbons (Fsp3) is 0.538. The Balaban J connectivity index is 2.25. The van der Waals surface area contributed by atoms with Gasteiger partial charge in [-0.15, -0.1) is 11.8 Å². The van der Waals surface area contributed by atoms with E-state index in [4.69, 9.17) is 5.73 Å². The molecule has 0 atom stereocenters. The van der Waals surface area contributed by atoms with Gasteiger partial charge in [-0.25, -0.2) is 0 Å². The van der Waals surface area contributed by atoms with Crippen LogP contribution in [0.15, 0.2) is 23.1 Å². The molecule has 2 rings (SSSR count). The van der Waals surface area contributed by atoms with E-state index in [0.29, 0.717) is 6.54 Å². The van der Waals surface area contributed by atoms with Crippen LogP contribution in [0.5, 0.6) is 0 Å². The summed E-state index contributed by atoms with van der Waals surface area (Å²) in [4.78, 5) is 6.14. The van der Waals surface area contributed by atoms with Gasteiger partial charge in [0.05, 0.1) is 0 Å². The van der Waals surface area contributed by atoms with E-state index in [-0.39, 0.29) is 0 Å². The van der Waals surface area contributed by atoms with Gasteiger partial charge >= 0.3 is 0 Å². The van der Waals surface area contributed by atoms with E-state index in [1.54, 1.807) is 11.8 Å². The monoisotopic (exact) mass is 251 g/mol. The highest BCUT2D eigenvalue weighted by atomic mass is 32.2. The minimum Gasteiger partial charge on any atom is -0.369 e. The Morgan fingerprint density at radius 2 is 1.94 bits per heavy atom. The summed E-state index contributed by atoms with van der Waals surface area (Å²) in [7, 11) is 2.18. The topological polar surface area (TPSA) is 32.5 Å². The van der Waals surface area contributed by atoms with Crippen molar-refractivity contribution < 1.29 is 0 Å². The molecule has 0 bridgehead atoms. The molecule has 17 heavy (non-hydrogen) atoms. The van der Waals surface area contributed by atoms with E-state index in [0.717, 1.165) is 26.2 Å². The number of rotatable bonds is 3. The van der Waals surface area contributed by atoms with Crippen molar-refractivity contribution in [3.63, 3.8) is 0 Å². The molecule has 0 unspecified atom stereocenters. The molecule has 1 aliphatic rings. The van der Waals surface area contributed by atoms with Crippen LogP contribution in [0, 0.1) is 0 Å². The van der Waals surface area contributed by atoms with Gasteiger partial charge in [0.25, 0.3) is 0 Å². The zero-order valence-electron chi connectivity index (χ0n) is 10.6. The average Bonchev–Trinajstić information content (AvgIpc) is 2.38. The van der Waals surface area contributed by atoms with Crippen LogP contribution in [-0.4, -0.2) is 44.4 Å². The zero-order valence-corrected chi connectivity index (χ0v) is 11.5. The number of nitrogens with two attached hydrogens (primary N) is 1. The second-order valence-corrected chi connectivity index (χ2v) is 5.30. The van der Waals surface area contributed by atoms with E-state index in [1.807, 2.05) is 0 Å². The highest BCUT2D eigenvalue weighted by molar-refractivity contribution is 7.98. The van der Waals surface area contributed by atoms with Gasteiger partial charge in [0, 0.05) is 48.9 Å². The zero-order chi connectivity index (χ0) is 12.3. The number of hydrogen-bond acceptors (Lipinski definition) is 4. The van der Waals surface area contributed by atoms with Crippen LogP contribution < -0.4 is 10.6 Å². The molecule has 1 aliphatic heterocycles. The molecule has 3 nitrogen and oxygen atoms in total. The normalized spacial score (nSPS) is 17.5. The molecule has 1 heterocycles. The Hall–Kier alpha value is -0.710. The molecule has 1 fully saturated rings. The Morgan fingerprint density at radius 3 is 2.53 bits per heavy atom. The van der Waals surface area contributed by atoms with Crippen molar-refractivity contribution in [2.75, 3.05) is 44.4 Å². The summed E-state index contributed by atoms with van der Waals surface area (Å²) in [6.45, 7) is 5.09. The molecule has 0 aliphatic carbocycles. The molecule has 0 saturated carbocycles. The minimum atomic E-state index is 0.624. The van der Waals surface area contributed by atoms with Crippen LogP contribution in [0.1, 0.15) is 5.56 Å². The summed E-state index contributed by atoms with van der Waals surface area (Å²) in [6, 6.07) is 6.50. The van der Waals surface area contributed by atoms with Crippen LogP contribution in [0.4, 0.5) is 5.69 Å². The number of benzene rings is 1. The van der Waals surface area contributed by atoms with Crippen molar-refractivity contribution in [2.24, 2.45) is 5.73 Å². The molecule has 0 aromatic heterocycles. The van der Waals surface area contributed by atoms with E-state index in [1.165, 1.54) is 16.1 Å². The minimum absolute atomic E-state index is 0.624. The first-order valence-electron chi connectivity index (χ1n) is 6.05. The van der Waals surface area contributed by atoms with Gasteiger partial charge in [-0.3, -0.25) is 0 Å². The maximum atomic E-state index is 5.91. The van der Waals surface area contributed by atoms with Crippen molar-refractivity contribution in [2.45, 2.75) is 11.4 Å². The third-order valence-corrected chi connectivity index (χ3v) is 4.20. The second kappa shape index (κ2) is 5.76. The van der Waals surface area contributed by atoms with Crippen LogP contribution in [0.25, 0.3) is 0 Å². The third-order valence-electron chi connectivity index (χ3n) is 3.38. The Morgan fingerprint density at radius 1 is 1.24 bits per heavy atom. The van der Waals surface area contributed by atoms with Gasteiger partial charge in [0.15, 0.2) is 0 Å². The van der Waals surface area contributed by atoms with Crippen molar-refractivity contribution in [1.82, 2.24) is 4.90 Å². The Labute approximate surface area is 108 Å². The molecule has 0 amide bonds. The third kappa shape index (κ3) is 2.76. The number of likely N-dealkylation sites (N-methyl/N-ethyl adjacent to an activating group) is 1. The summed E-state index contributed by atoms with van der Waals surface area (Å²) in [5.74, 6) is 0. The van der Waals surface area contributed by atoms with E-state index < -0.39 is 0 Å². The van der Waals surface area contributed by atoms with E-state index in [2.05, 4.69) is 41.3 Å². The lowest BCUT2D eigenvalue weighted by atomic mass is 10.1. The summed E-state index contributed by atoms with van der Waals surface area (Å²) in [6.07, 6.45) is 2.11. The number of hydrogen-bond donors (Lipinski definition) is 1. The van der Waals surface area contributed by atoms with E-state index >= 15 is 0 Å². The Kier molecular flexibility index (Phi) is 4.31. The lowest BCUT2D eigenvalue weighted by molar-refractivity contribution is 0.312. The number of piperazine rings is 1. The summed E-state index contributed by atoms with van der Waals surface area (Å²) >= 11 is 1.78. The van der Waals surface area contributed by atoms with Crippen molar-refractivity contribution in [3.05, 3.63) is 23.8 Å². The smallest absolute Gasteiger partial charge is 0.0423 e. The van der Waals surface area contributed by atoms with Crippen molar-refractivity contribution in [1.29, 1.82) is 0 Å². The highest BCUT2D eigenvalue weighted by Crippen LogP contribution is 2.29. The number of thioether (sulfide) groups is 1. The lowest BCUT2D eigenvalue weighted by Crippen LogP contribution is -2.44. The predicted octanol–water partition coefficient (Wildman–Crippen LogP) is 1.62. The first-order valence-corrected chi connectivity index (χ1v) is 7.28. The molecule has 2 N–H and O–H groups in total. The second-order valence-electron chi connectivity index (χ2n) is 4.45. The quantitative estimate of drug-likeness (QED) is 0.828. The van der Waals surface area contributed by atoms with Crippen LogP contribution in [0.3, 0.4) is 0 Å². The van der Waals surface area contributed by atoms with Gasteiger partial charge in [-0.1, -0.05) is 6.07 Å². The first-order chi connectivity index (χ1) is 8.26. The van der Waals surface area contributed by atoms with Gasteiger partial charge in [0.2, 0.25) is 0 Å². The molecule has 0 radical (unpaired) electrons. The molecular formula is C13H21N3S. The maximum Gasteiger partial charge on any atom is 0.0423 e. The van der Waals surface area contributed by atoms with E-state index in [9.17, 15) is 0 Å². The fourth-order valence-corrected chi connectivity index (χ4v) is 2.94. The molecule has 0 spiro atoms. The van der Waals surface area contributed by atoms with Crippen molar-refractivity contribution >= 4 is 17.4 Å². The summed E-state index contributed by atoms with van der Waals surface area (Å²) in [5.41, 5.74) is 8.53. The Bertz CT molecular complexity index is 373. The lowest BCUT2D eigenvalue weighted by Gasteiger charge is -2.35. The molecule has 1 aromatic carbocycles. The van der Waals surface area contributed by atoms with Crippen LogP contribution >= 0.6 is 11.8 Å². The molecular weight excluding hydrogens is 230 g/mol. The maximum absolute atomic E-state index is 5.91. The van der Waals surface area contributed by atoms with Gasteiger partial charge < -0.3 is 15.5 Å².